The number of carbonyl (C=O) groups excluding carboxylic acids is 1. The highest BCUT2D eigenvalue weighted by atomic mass is 32.1. The molecule has 0 aliphatic carbocycles. The molecule has 0 unspecified atom stereocenters. The average molecular weight is 386 g/mol. The summed E-state index contributed by atoms with van der Waals surface area (Å²) in [6.45, 7) is 0. The van der Waals surface area contributed by atoms with Gasteiger partial charge in [-0.05, 0) is 36.4 Å². The van der Waals surface area contributed by atoms with Crippen molar-refractivity contribution in [1.82, 2.24) is 4.98 Å². The van der Waals surface area contributed by atoms with Crippen LogP contribution in [0.1, 0.15) is 5.56 Å². The Bertz CT molecular complexity index is 1130. The molecule has 4 aromatic rings. The van der Waals surface area contributed by atoms with Gasteiger partial charge in [-0.2, -0.15) is 0 Å². The Labute approximate surface area is 167 Å². The molecule has 1 N–H and O–H groups in total. The van der Waals surface area contributed by atoms with Crippen LogP contribution in [0.5, 0.6) is 5.75 Å². The van der Waals surface area contributed by atoms with E-state index in [0.717, 1.165) is 37.8 Å². The quantitative estimate of drug-likeness (QED) is 0.453. The van der Waals surface area contributed by atoms with Crippen molar-refractivity contribution in [3.8, 4) is 16.3 Å². The van der Waals surface area contributed by atoms with Gasteiger partial charge in [0.1, 0.15) is 10.8 Å². The van der Waals surface area contributed by atoms with E-state index in [2.05, 4.69) is 16.4 Å². The fourth-order valence-corrected chi connectivity index (χ4v) is 3.84. The maximum atomic E-state index is 12.3. The second-order valence-electron chi connectivity index (χ2n) is 6.13. The predicted molar refractivity (Wildman–Crippen MR) is 116 cm³/mol. The zero-order valence-electron chi connectivity index (χ0n) is 15.3. The van der Waals surface area contributed by atoms with Gasteiger partial charge in [0.15, 0.2) is 0 Å². The summed E-state index contributed by atoms with van der Waals surface area (Å²) in [5.41, 5.74) is 3.54. The highest BCUT2D eigenvalue weighted by molar-refractivity contribution is 7.21. The average Bonchev–Trinajstić information content (AvgIpc) is 3.17. The molecule has 0 bridgehead atoms. The van der Waals surface area contributed by atoms with Crippen LogP contribution in [0.2, 0.25) is 0 Å². The number of amides is 1. The molecule has 0 aliphatic heterocycles. The standard InChI is InChI=1S/C23H18N2O2S/c1-27-20-11-4-2-7-16(20)13-14-22(26)24-18-9-6-8-17(15-18)23-25-19-10-3-5-12-21(19)28-23/h2-15H,1H3,(H,24,26)/b14-13+. The number of methoxy groups -OCH3 is 1. The van der Waals surface area contributed by atoms with Gasteiger partial charge in [0.25, 0.3) is 0 Å². The molecule has 1 heterocycles. The first-order valence-corrected chi connectivity index (χ1v) is 9.63. The minimum atomic E-state index is -0.202. The number of carbonyl (C=O) groups is 1. The molecule has 28 heavy (non-hydrogen) atoms. The molecule has 0 saturated carbocycles. The van der Waals surface area contributed by atoms with Crippen molar-refractivity contribution < 1.29 is 9.53 Å². The van der Waals surface area contributed by atoms with Crippen molar-refractivity contribution in [2.24, 2.45) is 0 Å². The van der Waals surface area contributed by atoms with E-state index >= 15 is 0 Å². The number of ether oxygens (including phenoxy) is 1. The number of para-hydroxylation sites is 2. The molecule has 4 rings (SSSR count). The molecule has 4 nitrogen and oxygen atoms in total. The van der Waals surface area contributed by atoms with E-state index < -0.39 is 0 Å². The number of hydrogen-bond donors (Lipinski definition) is 1. The predicted octanol–water partition coefficient (Wildman–Crippen LogP) is 5.62. The molecule has 0 saturated heterocycles. The summed E-state index contributed by atoms with van der Waals surface area (Å²) in [7, 11) is 1.61. The SMILES string of the molecule is COc1ccccc1/C=C/C(=O)Nc1cccc(-c2nc3ccccc3s2)c1. The maximum absolute atomic E-state index is 12.3. The Morgan fingerprint density at radius 1 is 1.04 bits per heavy atom. The molecule has 0 aliphatic rings. The molecular weight excluding hydrogens is 368 g/mol. The van der Waals surface area contributed by atoms with E-state index in [4.69, 9.17) is 4.74 Å². The number of aromatic nitrogens is 1. The Balaban J connectivity index is 1.51. The van der Waals surface area contributed by atoms with Gasteiger partial charge in [-0.3, -0.25) is 4.79 Å². The number of anilines is 1. The Morgan fingerprint density at radius 2 is 1.86 bits per heavy atom. The van der Waals surface area contributed by atoms with E-state index in [9.17, 15) is 4.79 Å². The second kappa shape index (κ2) is 8.06. The van der Waals surface area contributed by atoms with Crippen LogP contribution in [0.25, 0.3) is 26.9 Å². The van der Waals surface area contributed by atoms with E-state index in [-0.39, 0.29) is 5.91 Å². The number of nitrogens with one attached hydrogen (secondary N) is 1. The number of thiazole rings is 1. The molecule has 0 fully saturated rings. The molecule has 0 radical (unpaired) electrons. The summed E-state index contributed by atoms with van der Waals surface area (Å²) in [5.74, 6) is 0.525. The normalized spacial score (nSPS) is 11.0. The van der Waals surface area contributed by atoms with Gasteiger partial charge in [-0.1, -0.05) is 42.5 Å². The fraction of sp³-hybridized carbons (Fsp3) is 0.0435. The lowest BCUT2D eigenvalue weighted by Gasteiger charge is -2.05. The monoisotopic (exact) mass is 386 g/mol. The summed E-state index contributed by atoms with van der Waals surface area (Å²) in [4.78, 5) is 17.0. The highest BCUT2D eigenvalue weighted by Crippen LogP contribution is 2.31. The summed E-state index contributed by atoms with van der Waals surface area (Å²) < 4.78 is 6.44. The summed E-state index contributed by atoms with van der Waals surface area (Å²) in [6, 6.07) is 23.3. The van der Waals surface area contributed by atoms with E-state index in [1.807, 2.05) is 66.7 Å². The molecule has 5 heteroatoms. The lowest BCUT2D eigenvalue weighted by Crippen LogP contribution is -2.07. The number of fused-ring (bicyclic) bond motifs is 1. The second-order valence-corrected chi connectivity index (χ2v) is 7.16. The van der Waals surface area contributed by atoms with Crippen LogP contribution in [0, 0.1) is 0 Å². The number of benzene rings is 3. The largest absolute Gasteiger partial charge is 0.496 e. The van der Waals surface area contributed by atoms with Gasteiger partial charge in [0.05, 0.1) is 17.3 Å². The first-order chi connectivity index (χ1) is 13.7. The summed E-state index contributed by atoms with van der Waals surface area (Å²) in [5, 5.41) is 3.84. The lowest BCUT2D eigenvalue weighted by atomic mass is 10.2. The molecule has 0 spiro atoms. The van der Waals surface area contributed by atoms with Crippen molar-refractivity contribution in [3.05, 3.63) is 84.4 Å². The van der Waals surface area contributed by atoms with Gasteiger partial charge in [-0.15, -0.1) is 11.3 Å². The van der Waals surface area contributed by atoms with Gasteiger partial charge in [0.2, 0.25) is 5.91 Å². The summed E-state index contributed by atoms with van der Waals surface area (Å²) >= 11 is 1.64. The van der Waals surface area contributed by atoms with E-state index in [1.54, 1.807) is 24.5 Å². The van der Waals surface area contributed by atoms with Crippen LogP contribution < -0.4 is 10.1 Å². The minimum Gasteiger partial charge on any atom is -0.496 e. The van der Waals surface area contributed by atoms with E-state index in [1.165, 1.54) is 6.08 Å². The van der Waals surface area contributed by atoms with Crippen molar-refractivity contribution >= 4 is 39.2 Å². The third-order valence-electron chi connectivity index (χ3n) is 4.22. The van der Waals surface area contributed by atoms with Crippen LogP contribution in [0.4, 0.5) is 5.69 Å². The Kier molecular flexibility index (Phi) is 5.17. The lowest BCUT2D eigenvalue weighted by molar-refractivity contribution is -0.111. The van der Waals surface area contributed by atoms with Gasteiger partial charge in [-0.25, -0.2) is 4.98 Å². The number of nitrogens with zero attached hydrogens (tertiary/aromatic N) is 1. The van der Waals surface area contributed by atoms with Crippen LogP contribution >= 0.6 is 11.3 Å². The van der Waals surface area contributed by atoms with Gasteiger partial charge < -0.3 is 10.1 Å². The van der Waals surface area contributed by atoms with Crippen LogP contribution in [-0.4, -0.2) is 18.0 Å². The molecule has 3 aromatic carbocycles. The third-order valence-corrected chi connectivity index (χ3v) is 5.31. The molecule has 1 amide bonds. The molecule has 0 atom stereocenters. The first kappa shape index (κ1) is 17.9. The minimum absolute atomic E-state index is 0.202. The fourth-order valence-electron chi connectivity index (χ4n) is 2.88. The van der Waals surface area contributed by atoms with Crippen molar-refractivity contribution in [3.63, 3.8) is 0 Å². The Hall–Kier alpha value is -3.44. The number of hydrogen-bond acceptors (Lipinski definition) is 4. The van der Waals surface area contributed by atoms with Gasteiger partial charge >= 0.3 is 0 Å². The molecule has 138 valence electrons. The zero-order chi connectivity index (χ0) is 19.3. The van der Waals surface area contributed by atoms with E-state index in [0.29, 0.717) is 0 Å². The van der Waals surface area contributed by atoms with Crippen molar-refractivity contribution in [2.75, 3.05) is 12.4 Å². The third kappa shape index (κ3) is 3.94. The summed E-state index contributed by atoms with van der Waals surface area (Å²) in [6.07, 6.45) is 3.24. The van der Waals surface area contributed by atoms with Crippen molar-refractivity contribution in [2.45, 2.75) is 0 Å². The highest BCUT2D eigenvalue weighted by Gasteiger charge is 2.07. The van der Waals surface area contributed by atoms with Crippen LogP contribution in [-0.2, 0) is 4.79 Å². The van der Waals surface area contributed by atoms with Gasteiger partial charge in [0, 0.05) is 22.9 Å². The maximum Gasteiger partial charge on any atom is 0.248 e. The molecular formula is C23H18N2O2S. The van der Waals surface area contributed by atoms with Crippen molar-refractivity contribution in [1.29, 1.82) is 0 Å². The number of rotatable bonds is 5. The molecule has 1 aromatic heterocycles. The van der Waals surface area contributed by atoms with Crippen LogP contribution in [0.15, 0.2) is 78.9 Å². The van der Waals surface area contributed by atoms with Crippen LogP contribution in [0.3, 0.4) is 0 Å². The first-order valence-electron chi connectivity index (χ1n) is 8.81. The smallest absolute Gasteiger partial charge is 0.248 e. The Morgan fingerprint density at radius 3 is 2.71 bits per heavy atom. The topological polar surface area (TPSA) is 51.2 Å². The zero-order valence-corrected chi connectivity index (χ0v) is 16.1.